The fraction of sp³-hybridized carbons (Fsp3) is 0.294. The molecule has 0 atom stereocenters. The van der Waals surface area contributed by atoms with Crippen LogP contribution in [0.2, 0.25) is 0 Å². The Morgan fingerprint density at radius 3 is 2.65 bits per heavy atom. The average molecular weight is 267 g/mol. The highest BCUT2D eigenvalue weighted by molar-refractivity contribution is 5.82. The van der Waals surface area contributed by atoms with E-state index in [1.54, 1.807) is 6.26 Å². The Labute approximate surface area is 118 Å². The van der Waals surface area contributed by atoms with Gasteiger partial charge in [0.25, 0.3) is 0 Å². The molecule has 1 spiro atoms. The summed E-state index contributed by atoms with van der Waals surface area (Å²) in [6.07, 6.45) is 5.97. The van der Waals surface area contributed by atoms with Gasteiger partial charge in [-0.25, -0.2) is 0 Å². The number of piperidine rings is 1. The minimum Gasteiger partial charge on any atom is -0.482 e. The zero-order valence-electron chi connectivity index (χ0n) is 11.3. The number of para-hydroxylation sites is 1. The number of fused-ring (bicyclic) bond motifs is 1. The summed E-state index contributed by atoms with van der Waals surface area (Å²) >= 11 is 0. The Kier molecular flexibility index (Phi) is 2.67. The van der Waals surface area contributed by atoms with Crippen molar-refractivity contribution in [2.45, 2.75) is 18.4 Å². The summed E-state index contributed by atoms with van der Waals surface area (Å²) in [6, 6.07) is 12.2. The van der Waals surface area contributed by atoms with Crippen LogP contribution < -0.4 is 10.1 Å². The van der Waals surface area contributed by atoms with Crippen LogP contribution in [-0.4, -0.2) is 18.7 Å². The zero-order chi connectivity index (χ0) is 13.4. The zero-order valence-corrected chi connectivity index (χ0v) is 11.3. The lowest BCUT2D eigenvalue weighted by molar-refractivity contribution is 0.0815. The van der Waals surface area contributed by atoms with Gasteiger partial charge in [0.2, 0.25) is 0 Å². The lowest BCUT2D eigenvalue weighted by Crippen LogP contribution is -2.46. The summed E-state index contributed by atoms with van der Waals surface area (Å²) in [7, 11) is 0. The number of ether oxygens (including phenoxy) is 1. The molecule has 1 aromatic carbocycles. The van der Waals surface area contributed by atoms with Gasteiger partial charge < -0.3 is 14.5 Å². The third kappa shape index (κ3) is 1.86. The Morgan fingerprint density at radius 1 is 1.00 bits per heavy atom. The minimum atomic E-state index is -0.193. The standard InChI is InChI=1S/C17H17NO2/c1-2-5-16-13(4-1)14(15-6-3-11-19-15)12-17(20-16)7-9-18-10-8-17/h1-6,11-12,18H,7-10H2. The van der Waals surface area contributed by atoms with Crippen molar-refractivity contribution in [1.82, 2.24) is 5.32 Å². The van der Waals surface area contributed by atoms with E-state index in [1.165, 1.54) is 0 Å². The van der Waals surface area contributed by atoms with Gasteiger partial charge >= 0.3 is 0 Å². The fourth-order valence-corrected chi connectivity index (χ4v) is 3.10. The summed E-state index contributed by atoms with van der Waals surface area (Å²) in [5.74, 6) is 1.88. The lowest BCUT2D eigenvalue weighted by atomic mass is 9.85. The van der Waals surface area contributed by atoms with Crippen LogP contribution in [0.5, 0.6) is 5.75 Å². The lowest BCUT2D eigenvalue weighted by Gasteiger charge is -2.39. The van der Waals surface area contributed by atoms with Gasteiger partial charge in [-0.1, -0.05) is 18.2 Å². The topological polar surface area (TPSA) is 34.4 Å². The van der Waals surface area contributed by atoms with E-state index in [0.29, 0.717) is 0 Å². The summed E-state index contributed by atoms with van der Waals surface area (Å²) in [4.78, 5) is 0. The average Bonchev–Trinajstić information content (AvgIpc) is 3.01. The molecule has 1 fully saturated rings. The highest BCUT2D eigenvalue weighted by Crippen LogP contribution is 2.42. The Balaban J connectivity index is 1.86. The second kappa shape index (κ2) is 4.53. The van der Waals surface area contributed by atoms with Crippen molar-refractivity contribution >= 4 is 5.57 Å². The van der Waals surface area contributed by atoms with E-state index in [2.05, 4.69) is 23.5 Å². The van der Waals surface area contributed by atoms with Crippen molar-refractivity contribution in [3.8, 4) is 5.75 Å². The molecule has 3 nitrogen and oxygen atoms in total. The van der Waals surface area contributed by atoms with Gasteiger partial charge in [-0.05, 0) is 37.4 Å². The van der Waals surface area contributed by atoms with Crippen molar-refractivity contribution in [2.24, 2.45) is 0 Å². The molecule has 1 saturated heterocycles. The number of nitrogens with one attached hydrogen (secondary N) is 1. The Bertz CT molecular complexity index is 637. The van der Waals surface area contributed by atoms with E-state index in [-0.39, 0.29) is 5.60 Å². The first kappa shape index (κ1) is 11.8. The molecule has 2 aliphatic heterocycles. The summed E-state index contributed by atoms with van der Waals surface area (Å²) in [5.41, 5.74) is 2.08. The molecule has 0 amide bonds. The molecular formula is C17H17NO2. The molecule has 1 aromatic heterocycles. The molecule has 102 valence electrons. The predicted molar refractivity (Wildman–Crippen MR) is 77.7 cm³/mol. The van der Waals surface area contributed by atoms with Crippen LogP contribution >= 0.6 is 0 Å². The van der Waals surface area contributed by atoms with Crippen LogP contribution in [0.1, 0.15) is 24.2 Å². The van der Waals surface area contributed by atoms with E-state index in [9.17, 15) is 0 Å². The highest BCUT2D eigenvalue weighted by atomic mass is 16.5. The normalized spacial score (nSPS) is 20.1. The largest absolute Gasteiger partial charge is 0.482 e. The summed E-state index contributed by atoms with van der Waals surface area (Å²) < 4.78 is 12.0. The predicted octanol–water partition coefficient (Wildman–Crippen LogP) is 3.23. The second-order valence-corrected chi connectivity index (χ2v) is 5.45. The van der Waals surface area contributed by atoms with Gasteiger partial charge in [0.1, 0.15) is 17.1 Å². The molecule has 0 saturated carbocycles. The van der Waals surface area contributed by atoms with Crippen LogP contribution in [0.25, 0.3) is 5.57 Å². The molecule has 0 aliphatic carbocycles. The number of rotatable bonds is 1. The first-order valence-corrected chi connectivity index (χ1v) is 7.12. The molecule has 3 heteroatoms. The maximum absolute atomic E-state index is 6.33. The van der Waals surface area contributed by atoms with Gasteiger partial charge in [-0.15, -0.1) is 0 Å². The number of furan rings is 1. The maximum atomic E-state index is 6.33. The van der Waals surface area contributed by atoms with Crippen molar-refractivity contribution in [1.29, 1.82) is 0 Å². The molecule has 1 N–H and O–H groups in total. The molecular weight excluding hydrogens is 250 g/mol. The van der Waals surface area contributed by atoms with Crippen molar-refractivity contribution in [2.75, 3.05) is 13.1 Å². The second-order valence-electron chi connectivity index (χ2n) is 5.45. The Morgan fingerprint density at radius 2 is 1.85 bits per heavy atom. The van der Waals surface area contributed by atoms with E-state index in [1.807, 2.05) is 24.3 Å². The van der Waals surface area contributed by atoms with E-state index < -0.39 is 0 Å². The van der Waals surface area contributed by atoms with Crippen LogP contribution in [0.3, 0.4) is 0 Å². The molecule has 0 unspecified atom stereocenters. The maximum Gasteiger partial charge on any atom is 0.134 e. The quantitative estimate of drug-likeness (QED) is 0.861. The molecule has 3 heterocycles. The van der Waals surface area contributed by atoms with E-state index in [4.69, 9.17) is 9.15 Å². The fourth-order valence-electron chi connectivity index (χ4n) is 3.10. The highest BCUT2D eigenvalue weighted by Gasteiger charge is 2.37. The van der Waals surface area contributed by atoms with Crippen molar-refractivity contribution in [3.05, 3.63) is 60.1 Å². The van der Waals surface area contributed by atoms with Gasteiger partial charge in [0.15, 0.2) is 0 Å². The summed E-state index contributed by atoms with van der Waals surface area (Å²) in [5, 5.41) is 3.40. The number of hydrogen-bond acceptors (Lipinski definition) is 3. The van der Waals surface area contributed by atoms with Gasteiger partial charge in [-0.2, -0.15) is 0 Å². The number of benzene rings is 1. The van der Waals surface area contributed by atoms with Crippen LogP contribution in [0.4, 0.5) is 0 Å². The molecule has 20 heavy (non-hydrogen) atoms. The molecule has 2 aromatic rings. The molecule has 0 bridgehead atoms. The summed E-state index contributed by atoms with van der Waals surface area (Å²) in [6.45, 7) is 1.98. The van der Waals surface area contributed by atoms with Crippen LogP contribution in [0, 0.1) is 0 Å². The SMILES string of the molecule is C1=C(c2ccco2)c2ccccc2OC12CCNCC2. The third-order valence-electron chi connectivity index (χ3n) is 4.13. The van der Waals surface area contributed by atoms with Gasteiger partial charge in [-0.3, -0.25) is 0 Å². The van der Waals surface area contributed by atoms with E-state index >= 15 is 0 Å². The van der Waals surface area contributed by atoms with Crippen molar-refractivity contribution < 1.29 is 9.15 Å². The Hall–Kier alpha value is -2.00. The first-order valence-electron chi connectivity index (χ1n) is 7.12. The van der Waals surface area contributed by atoms with Gasteiger partial charge in [0, 0.05) is 24.0 Å². The molecule has 2 aliphatic rings. The first-order chi connectivity index (χ1) is 9.86. The van der Waals surface area contributed by atoms with Gasteiger partial charge in [0.05, 0.1) is 6.26 Å². The van der Waals surface area contributed by atoms with Crippen molar-refractivity contribution in [3.63, 3.8) is 0 Å². The monoisotopic (exact) mass is 267 g/mol. The molecule has 4 rings (SSSR count). The van der Waals surface area contributed by atoms with Crippen LogP contribution in [-0.2, 0) is 0 Å². The van der Waals surface area contributed by atoms with Crippen LogP contribution in [0.15, 0.2) is 53.2 Å². The minimum absolute atomic E-state index is 0.193. The molecule has 0 radical (unpaired) electrons. The smallest absolute Gasteiger partial charge is 0.134 e. The third-order valence-corrected chi connectivity index (χ3v) is 4.13. The number of hydrogen-bond donors (Lipinski definition) is 1. The van der Waals surface area contributed by atoms with E-state index in [0.717, 1.165) is 48.6 Å².